The van der Waals surface area contributed by atoms with Gasteiger partial charge in [0.15, 0.2) is 0 Å². The molecule has 0 radical (unpaired) electrons. The van der Waals surface area contributed by atoms with Crippen molar-refractivity contribution in [3.63, 3.8) is 0 Å². The fourth-order valence-corrected chi connectivity index (χ4v) is 5.97. The Balaban J connectivity index is 1.56. The van der Waals surface area contributed by atoms with E-state index in [0.29, 0.717) is 5.92 Å². The quantitative estimate of drug-likeness (QED) is 0.707. The van der Waals surface area contributed by atoms with Gasteiger partial charge in [0.05, 0.1) is 30.1 Å². The van der Waals surface area contributed by atoms with Crippen molar-refractivity contribution in [3.8, 4) is 11.8 Å². The Morgan fingerprint density at radius 2 is 1.78 bits per heavy atom. The van der Waals surface area contributed by atoms with E-state index in [-0.39, 0.29) is 48.5 Å². The lowest BCUT2D eigenvalue weighted by Gasteiger charge is -2.58. The first-order valence-corrected chi connectivity index (χ1v) is 12.3. The molecule has 0 unspecified atom stereocenters. The van der Waals surface area contributed by atoms with Gasteiger partial charge in [-0.3, -0.25) is 4.79 Å². The van der Waals surface area contributed by atoms with Crippen molar-refractivity contribution in [2.75, 3.05) is 19.7 Å². The molecule has 2 saturated heterocycles. The lowest BCUT2D eigenvalue weighted by atomic mass is 9.74. The maximum absolute atomic E-state index is 13.1. The van der Waals surface area contributed by atoms with Crippen LogP contribution in [0.3, 0.4) is 0 Å². The van der Waals surface area contributed by atoms with Gasteiger partial charge in [-0.2, -0.15) is 4.31 Å². The Bertz CT molecular complexity index is 1130. The fraction of sp³-hybridized carbons (Fsp3) is 0.400. The van der Waals surface area contributed by atoms with Gasteiger partial charge in [0.2, 0.25) is 15.9 Å². The minimum Gasteiger partial charge on any atom is -0.394 e. The Morgan fingerprint density at radius 3 is 2.41 bits per heavy atom. The van der Waals surface area contributed by atoms with E-state index in [0.717, 1.165) is 17.5 Å². The molecule has 6 nitrogen and oxygen atoms in total. The number of rotatable bonds is 5. The highest BCUT2D eigenvalue weighted by Gasteiger charge is 2.55. The molecule has 32 heavy (non-hydrogen) atoms. The normalized spacial score (nSPS) is 23.3. The van der Waals surface area contributed by atoms with Gasteiger partial charge in [-0.1, -0.05) is 56.0 Å². The van der Waals surface area contributed by atoms with Crippen LogP contribution in [-0.2, 0) is 14.8 Å². The molecule has 2 aromatic rings. The number of amides is 1. The molecule has 4 rings (SSSR count). The minimum atomic E-state index is -3.77. The van der Waals surface area contributed by atoms with Crippen LogP contribution in [-0.4, -0.2) is 60.4 Å². The van der Waals surface area contributed by atoms with E-state index in [4.69, 9.17) is 0 Å². The summed E-state index contributed by atoms with van der Waals surface area (Å²) in [6, 6.07) is 15.4. The molecule has 168 valence electrons. The van der Waals surface area contributed by atoms with E-state index < -0.39 is 10.0 Å². The van der Waals surface area contributed by atoms with Crippen molar-refractivity contribution in [1.82, 2.24) is 9.21 Å². The molecule has 2 heterocycles. The zero-order valence-corrected chi connectivity index (χ0v) is 19.1. The second-order valence-corrected chi connectivity index (χ2v) is 10.7. The van der Waals surface area contributed by atoms with Crippen LogP contribution in [0.25, 0.3) is 0 Å². The molecule has 2 fully saturated rings. The summed E-state index contributed by atoms with van der Waals surface area (Å²) >= 11 is 0. The number of piperazine rings is 1. The SMILES string of the molecule is CC(C)CC#Cc1ccc([C@H]2[C@H](CO)N3C(=O)CN(S(=O)(=O)c4ccccc4)C[C@@H]23)cc1. The molecule has 2 aliphatic heterocycles. The number of aliphatic hydroxyl groups excluding tert-OH is 1. The van der Waals surface area contributed by atoms with Crippen LogP contribution >= 0.6 is 0 Å². The highest BCUT2D eigenvalue weighted by molar-refractivity contribution is 7.89. The van der Waals surface area contributed by atoms with Crippen LogP contribution in [0, 0.1) is 17.8 Å². The molecule has 3 atom stereocenters. The fourth-order valence-electron chi connectivity index (χ4n) is 4.54. The average molecular weight is 453 g/mol. The van der Waals surface area contributed by atoms with Crippen molar-refractivity contribution in [2.45, 2.75) is 43.2 Å². The molecule has 1 N–H and O–H groups in total. The van der Waals surface area contributed by atoms with Gasteiger partial charge in [0, 0.05) is 24.4 Å². The van der Waals surface area contributed by atoms with Gasteiger partial charge in [-0.15, -0.1) is 0 Å². The smallest absolute Gasteiger partial charge is 0.243 e. The number of fused-ring (bicyclic) bond motifs is 1. The Labute approximate surface area is 189 Å². The van der Waals surface area contributed by atoms with Crippen molar-refractivity contribution in [2.24, 2.45) is 5.92 Å². The Morgan fingerprint density at radius 1 is 1.09 bits per heavy atom. The molecular weight excluding hydrogens is 424 g/mol. The first-order chi connectivity index (χ1) is 15.3. The van der Waals surface area contributed by atoms with E-state index >= 15 is 0 Å². The summed E-state index contributed by atoms with van der Waals surface area (Å²) in [7, 11) is -3.77. The number of aliphatic hydroxyl groups is 1. The van der Waals surface area contributed by atoms with Crippen LogP contribution in [0.15, 0.2) is 59.5 Å². The van der Waals surface area contributed by atoms with Crippen molar-refractivity contribution in [3.05, 3.63) is 65.7 Å². The summed E-state index contributed by atoms with van der Waals surface area (Å²) in [6.07, 6.45) is 0.835. The maximum atomic E-state index is 13.1. The summed E-state index contributed by atoms with van der Waals surface area (Å²) < 4.78 is 27.4. The van der Waals surface area contributed by atoms with E-state index in [9.17, 15) is 18.3 Å². The summed E-state index contributed by atoms with van der Waals surface area (Å²) in [5.74, 6) is 6.45. The topological polar surface area (TPSA) is 77.9 Å². The summed E-state index contributed by atoms with van der Waals surface area (Å²) in [5, 5.41) is 9.95. The van der Waals surface area contributed by atoms with Gasteiger partial charge in [-0.25, -0.2) is 8.42 Å². The number of sulfonamides is 1. The molecule has 2 aliphatic rings. The van der Waals surface area contributed by atoms with Crippen LogP contribution in [0.5, 0.6) is 0 Å². The minimum absolute atomic E-state index is 0.129. The van der Waals surface area contributed by atoms with Gasteiger partial charge < -0.3 is 10.0 Å². The molecular formula is C25H28N2O4S. The molecule has 0 aliphatic carbocycles. The second-order valence-electron chi connectivity index (χ2n) is 8.78. The zero-order valence-electron chi connectivity index (χ0n) is 18.3. The van der Waals surface area contributed by atoms with E-state index in [1.54, 1.807) is 35.2 Å². The monoisotopic (exact) mass is 452 g/mol. The third-order valence-corrected chi connectivity index (χ3v) is 7.97. The van der Waals surface area contributed by atoms with Gasteiger partial charge in [-0.05, 0) is 35.7 Å². The number of hydrogen-bond donors (Lipinski definition) is 1. The summed E-state index contributed by atoms with van der Waals surface area (Å²) in [4.78, 5) is 14.6. The highest BCUT2D eigenvalue weighted by atomic mass is 32.2. The maximum Gasteiger partial charge on any atom is 0.243 e. The highest BCUT2D eigenvalue weighted by Crippen LogP contribution is 2.43. The first-order valence-electron chi connectivity index (χ1n) is 10.9. The molecule has 1 amide bonds. The molecule has 0 spiro atoms. The molecule has 0 saturated carbocycles. The average Bonchev–Trinajstić information content (AvgIpc) is 2.76. The number of carbonyl (C=O) groups is 1. The molecule has 0 bridgehead atoms. The van der Waals surface area contributed by atoms with Crippen LogP contribution in [0.4, 0.5) is 0 Å². The van der Waals surface area contributed by atoms with Crippen molar-refractivity contribution in [1.29, 1.82) is 0 Å². The predicted octanol–water partition coefficient (Wildman–Crippen LogP) is 2.44. The summed E-state index contributed by atoms with van der Waals surface area (Å²) in [6.45, 7) is 4.10. The second kappa shape index (κ2) is 9.07. The van der Waals surface area contributed by atoms with E-state index in [1.807, 2.05) is 24.3 Å². The number of hydrogen-bond acceptors (Lipinski definition) is 4. The Hall–Kier alpha value is -2.66. The van der Waals surface area contributed by atoms with Gasteiger partial charge >= 0.3 is 0 Å². The Kier molecular flexibility index (Phi) is 6.38. The van der Waals surface area contributed by atoms with E-state index in [1.165, 1.54) is 4.31 Å². The molecule has 0 aromatic heterocycles. The summed E-state index contributed by atoms with van der Waals surface area (Å²) in [5.41, 5.74) is 1.89. The third-order valence-electron chi connectivity index (χ3n) is 6.14. The third kappa shape index (κ3) is 4.18. The van der Waals surface area contributed by atoms with E-state index in [2.05, 4.69) is 25.7 Å². The standard InChI is InChI=1S/C25H28N2O4S/c1-18(2)7-6-8-19-11-13-20(14-12-19)25-22-15-26(16-24(29)27(22)23(25)17-28)32(30,31)21-9-4-3-5-10-21/h3-5,9-14,18,22-23,25,28H,7,15-17H2,1-2H3/t22-,23-,25+/m0/s1. The number of benzene rings is 2. The lowest BCUT2D eigenvalue weighted by molar-refractivity contribution is -0.158. The van der Waals surface area contributed by atoms with Crippen molar-refractivity contribution < 1.29 is 18.3 Å². The number of nitrogens with zero attached hydrogens (tertiary/aromatic N) is 2. The number of carbonyl (C=O) groups excluding carboxylic acids is 1. The van der Waals surface area contributed by atoms with Crippen LogP contribution in [0.2, 0.25) is 0 Å². The molecule has 2 aromatic carbocycles. The van der Waals surface area contributed by atoms with Crippen LogP contribution in [0.1, 0.15) is 37.3 Å². The predicted molar refractivity (Wildman–Crippen MR) is 122 cm³/mol. The zero-order chi connectivity index (χ0) is 22.9. The van der Waals surface area contributed by atoms with Crippen LogP contribution < -0.4 is 0 Å². The first kappa shape index (κ1) is 22.5. The van der Waals surface area contributed by atoms with Crippen molar-refractivity contribution >= 4 is 15.9 Å². The lowest BCUT2D eigenvalue weighted by Crippen LogP contribution is -2.73. The molecule has 7 heteroatoms. The largest absolute Gasteiger partial charge is 0.394 e. The van der Waals surface area contributed by atoms with Gasteiger partial charge in [0.1, 0.15) is 0 Å². The van der Waals surface area contributed by atoms with Gasteiger partial charge in [0.25, 0.3) is 0 Å².